The Morgan fingerprint density at radius 2 is 1.85 bits per heavy atom. The molecule has 1 aromatic rings. The summed E-state index contributed by atoms with van der Waals surface area (Å²) in [4.78, 5) is 23.4. The highest BCUT2D eigenvalue weighted by Gasteiger charge is 2.25. The van der Waals surface area contributed by atoms with Crippen LogP contribution in [0.2, 0.25) is 0 Å². The van der Waals surface area contributed by atoms with Gasteiger partial charge >= 0.3 is 0 Å². The summed E-state index contributed by atoms with van der Waals surface area (Å²) >= 11 is 0. The average molecular weight is 279 g/mol. The van der Waals surface area contributed by atoms with Crippen molar-refractivity contribution in [3.63, 3.8) is 0 Å². The quantitative estimate of drug-likeness (QED) is 0.685. The first-order valence-corrected chi connectivity index (χ1v) is 6.71. The van der Waals surface area contributed by atoms with E-state index >= 15 is 0 Å². The molecule has 0 bridgehead atoms. The fraction of sp³-hybridized carbons (Fsp3) is 0.467. The highest BCUT2D eigenvalue weighted by Crippen LogP contribution is 2.07. The fourth-order valence-corrected chi connectivity index (χ4v) is 1.90. The van der Waals surface area contributed by atoms with Gasteiger partial charge in [0.25, 0.3) is 5.91 Å². The third-order valence-electron chi connectivity index (χ3n) is 3.03. The molecule has 0 saturated heterocycles. The molecule has 0 spiro atoms. The second kappa shape index (κ2) is 7.77. The maximum Gasteiger partial charge on any atom is 0.251 e. The van der Waals surface area contributed by atoms with Gasteiger partial charge in [0.2, 0.25) is 0 Å². The number of amides is 1. The summed E-state index contributed by atoms with van der Waals surface area (Å²) in [5.74, 6) is -1.06. The van der Waals surface area contributed by atoms with Crippen molar-refractivity contribution in [3.05, 3.63) is 35.4 Å². The van der Waals surface area contributed by atoms with Gasteiger partial charge in [0.1, 0.15) is 12.6 Å². The van der Waals surface area contributed by atoms with E-state index in [2.05, 4.69) is 12.2 Å². The van der Waals surface area contributed by atoms with Crippen molar-refractivity contribution in [2.75, 3.05) is 6.61 Å². The molecule has 0 aliphatic rings. The molecule has 0 heterocycles. The molecule has 0 saturated carbocycles. The number of hydrogen-bond donors (Lipinski definition) is 3. The number of aryl methyl sites for hydroxylation is 1. The summed E-state index contributed by atoms with van der Waals surface area (Å²) in [6.07, 6.45) is 0.917. The first kappa shape index (κ1) is 16.3. The Hall–Kier alpha value is -1.72. The van der Waals surface area contributed by atoms with Gasteiger partial charge in [0.05, 0.1) is 6.10 Å². The van der Waals surface area contributed by atoms with Crippen LogP contribution in [0.25, 0.3) is 0 Å². The van der Waals surface area contributed by atoms with Crippen LogP contribution in [0.15, 0.2) is 24.3 Å². The number of aliphatic hydroxyl groups is 2. The molecular formula is C15H21NO4. The monoisotopic (exact) mass is 279 g/mol. The zero-order valence-electron chi connectivity index (χ0n) is 11.8. The number of benzene rings is 1. The van der Waals surface area contributed by atoms with E-state index in [0.29, 0.717) is 5.56 Å². The van der Waals surface area contributed by atoms with Gasteiger partial charge in [-0.1, -0.05) is 25.5 Å². The highest BCUT2D eigenvalue weighted by molar-refractivity contribution is 5.98. The lowest BCUT2D eigenvalue weighted by molar-refractivity contribution is -0.125. The molecule has 1 rings (SSSR count). The van der Waals surface area contributed by atoms with Gasteiger partial charge in [-0.2, -0.15) is 0 Å². The van der Waals surface area contributed by atoms with Crippen LogP contribution in [0.1, 0.15) is 36.2 Å². The molecule has 1 aromatic carbocycles. The van der Waals surface area contributed by atoms with Gasteiger partial charge in [0, 0.05) is 5.56 Å². The van der Waals surface area contributed by atoms with E-state index in [9.17, 15) is 14.7 Å². The summed E-state index contributed by atoms with van der Waals surface area (Å²) in [5, 5.41) is 20.7. The first-order valence-electron chi connectivity index (χ1n) is 6.71. The van der Waals surface area contributed by atoms with Crippen molar-refractivity contribution in [1.82, 2.24) is 5.32 Å². The van der Waals surface area contributed by atoms with Crippen LogP contribution in [-0.4, -0.2) is 40.7 Å². The van der Waals surface area contributed by atoms with Crippen LogP contribution in [0, 0.1) is 0 Å². The van der Waals surface area contributed by atoms with E-state index in [4.69, 9.17) is 5.11 Å². The summed E-state index contributed by atoms with van der Waals surface area (Å²) in [6, 6.07) is 6.00. The summed E-state index contributed by atoms with van der Waals surface area (Å²) in [7, 11) is 0. The Morgan fingerprint density at radius 3 is 2.30 bits per heavy atom. The minimum Gasteiger partial charge on any atom is -0.391 e. The van der Waals surface area contributed by atoms with Gasteiger partial charge in [-0.05, 0) is 31.0 Å². The van der Waals surface area contributed by atoms with Crippen molar-refractivity contribution in [2.45, 2.75) is 38.8 Å². The largest absolute Gasteiger partial charge is 0.391 e. The van der Waals surface area contributed by atoms with E-state index in [1.54, 1.807) is 12.1 Å². The molecule has 0 unspecified atom stereocenters. The Labute approximate surface area is 118 Å². The Bertz CT molecular complexity index is 453. The van der Waals surface area contributed by atoms with Crippen molar-refractivity contribution >= 4 is 11.7 Å². The van der Waals surface area contributed by atoms with Crippen molar-refractivity contribution in [3.8, 4) is 0 Å². The molecule has 0 aliphatic heterocycles. The Balaban J connectivity index is 2.76. The fourth-order valence-electron chi connectivity index (χ4n) is 1.90. The molecular weight excluding hydrogens is 258 g/mol. The summed E-state index contributed by atoms with van der Waals surface area (Å²) in [6.45, 7) is 2.75. The van der Waals surface area contributed by atoms with Crippen LogP contribution >= 0.6 is 0 Å². The van der Waals surface area contributed by atoms with E-state index in [1.165, 1.54) is 6.92 Å². The molecule has 0 radical (unpaired) electrons. The standard InChI is InChI=1S/C15H21NO4/c1-3-4-11-5-7-12(8-6-11)15(20)16-14(10(2)18)13(19)9-17/h5-8,10,14,17-18H,3-4,9H2,1-2H3,(H,16,20)/t10-,14+/m1/s1. The number of nitrogens with one attached hydrogen (secondary N) is 1. The molecule has 0 aromatic heterocycles. The predicted octanol–water partition coefficient (Wildman–Crippen LogP) is 0.680. The maximum atomic E-state index is 12.0. The van der Waals surface area contributed by atoms with Crippen LogP contribution < -0.4 is 5.32 Å². The van der Waals surface area contributed by atoms with Gasteiger partial charge < -0.3 is 15.5 Å². The second-order valence-corrected chi connectivity index (χ2v) is 4.76. The highest BCUT2D eigenvalue weighted by atomic mass is 16.3. The minimum absolute atomic E-state index is 0.418. The Kier molecular flexibility index (Phi) is 6.35. The number of carbonyl (C=O) groups excluding carboxylic acids is 2. The van der Waals surface area contributed by atoms with Crippen molar-refractivity contribution in [2.24, 2.45) is 0 Å². The van der Waals surface area contributed by atoms with Gasteiger partial charge in [-0.3, -0.25) is 9.59 Å². The number of rotatable bonds is 7. The maximum absolute atomic E-state index is 12.0. The van der Waals surface area contributed by atoms with E-state index in [1.807, 2.05) is 12.1 Å². The number of carbonyl (C=O) groups is 2. The third kappa shape index (κ3) is 4.43. The molecule has 110 valence electrons. The third-order valence-corrected chi connectivity index (χ3v) is 3.03. The smallest absolute Gasteiger partial charge is 0.251 e. The minimum atomic E-state index is -1.09. The van der Waals surface area contributed by atoms with Crippen molar-refractivity contribution in [1.29, 1.82) is 0 Å². The number of ketones is 1. The summed E-state index contributed by atoms with van der Waals surface area (Å²) < 4.78 is 0. The zero-order valence-corrected chi connectivity index (χ0v) is 11.8. The van der Waals surface area contributed by atoms with E-state index < -0.39 is 30.4 Å². The number of Topliss-reactive ketones (excluding diaryl/α,β-unsaturated/α-hetero) is 1. The number of aliphatic hydroxyl groups excluding tert-OH is 2. The molecule has 1 amide bonds. The molecule has 3 N–H and O–H groups in total. The molecule has 20 heavy (non-hydrogen) atoms. The van der Waals surface area contributed by atoms with Crippen LogP contribution in [0.4, 0.5) is 0 Å². The number of hydrogen-bond acceptors (Lipinski definition) is 4. The lowest BCUT2D eigenvalue weighted by Crippen LogP contribution is -2.48. The van der Waals surface area contributed by atoms with Crippen LogP contribution in [0.3, 0.4) is 0 Å². The predicted molar refractivity (Wildman–Crippen MR) is 75.5 cm³/mol. The SMILES string of the molecule is CCCc1ccc(C(=O)N[C@H](C(=O)CO)[C@@H](C)O)cc1. The van der Waals surface area contributed by atoms with Crippen LogP contribution in [0.5, 0.6) is 0 Å². The van der Waals surface area contributed by atoms with Gasteiger partial charge in [0.15, 0.2) is 5.78 Å². The lowest BCUT2D eigenvalue weighted by Gasteiger charge is -2.19. The topological polar surface area (TPSA) is 86.6 Å². The molecule has 5 nitrogen and oxygen atoms in total. The normalized spacial score (nSPS) is 13.6. The molecule has 2 atom stereocenters. The average Bonchev–Trinajstić information content (AvgIpc) is 2.44. The second-order valence-electron chi connectivity index (χ2n) is 4.76. The van der Waals surface area contributed by atoms with Gasteiger partial charge in [-0.25, -0.2) is 0 Å². The van der Waals surface area contributed by atoms with E-state index in [0.717, 1.165) is 18.4 Å². The molecule has 5 heteroatoms. The van der Waals surface area contributed by atoms with Crippen LogP contribution in [-0.2, 0) is 11.2 Å². The van der Waals surface area contributed by atoms with Gasteiger partial charge in [-0.15, -0.1) is 0 Å². The van der Waals surface area contributed by atoms with Crippen molar-refractivity contribution < 1.29 is 19.8 Å². The Morgan fingerprint density at radius 1 is 1.25 bits per heavy atom. The molecule has 0 aliphatic carbocycles. The zero-order chi connectivity index (χ0) is 15.1. The van der Waals surface area contributed by atoms with E-state index in [-0.39, 0.29) is 0 Å². The molecule has 0 fully saturated rings. The first-order chi connectivity index (χ1) is 9.49. The lowest BCUT2D eigenvalue weighted by atomic mass is 10.1. The summed E-state index contributed by atoms with van der Waals surface area (Å²) in [5.41, 5.74) is 1.56.